The summed E-state index contributed by atoms with van der Waals surface area (Å²) >= 11 is 8.74. The van der Waals surface area contributed by atoms with Crippen LogP contribution in [0.4, 0.5) is 16.5 Å². The Morgan fingerprint density at radius 3 is 2.59 bits per heavy atom. The normalized spacial score (nSPS) is 10.7. The molecule has 1 amide bonds. The molecule has 0 atom stereocenters. The monoisotopic (exact) mass is 418 g/mol. The van der Waals surface area contributed by atoms with E-state index in [4.69, 9.17) is 11.6 Å². The largest absolute Gasteiger partial charge is 0.330 e. The Labute approximate surface area is 171 Å². The zero-order chi connectivity index (χ0) is 19.4. The van der Waals surface area contributed by atoms with Crippen LogP contribution >= 0.6 is 34.7 Å². The molecule has 3 rings (SSSR count). The van der Waals surface area contributed by atoms with Crippen molar-refractivity contribution in [1.29, 1.82) is 0 Å². The van der Waals surface area contributed by atoms with Crippen LogP contribution in [-0.4, -0.2) is 21.9 Å². The number of aryl methyl sites for hydroxylation is 3. The van der Waals surface area contributed by atoms with E-state index < -0.39 is 0 Å². The molecular weight excluding hydrogens is 400 g/mol. The van der Waals surface area contributed by atoms with E-state index in [2.05, 4.69) is 33.0 Å². The Bertz CT molecular complexity index is 951. The number of rotatable bonds is 6. The highest BCUT2D eigenvalue weighted by Crippen LogP contribution is 2.29. The molecule has 0 aliphatic rings. The number of carbonyl (C=O) groups is 1. The highest BCUT2D eigenvalue weighted by molar-refractivity contribution is 8.01. The van der Waals surface area contributed by atoms with Gasteiger partial charge in [0, 0.05) is 16.4 Å². The third-order valence-corrected chi connectivity index (χ3v) is 5.96. The Morgan fingerprint density at radius 1 is 1.15 bits per heavy atom. The Hall–Kier alpha value is -2.09. The van der Waals surface area contributed by atoms with E-state index in [0.717, 1.165) is 26.8 Å². The van der Waals surface area contributed by atoms with Gasteiger partial charge in [-0.2, -0.15) is 0 Å². The molecule has 0 aliphatic carbocycles. The number of aromatic nitrogens is 2. The van der Waals surface area contributed by atoms with Gasteiger partial charge in [-0.15, -0.1) is 10.2 Å². The molecule has 0 bridgehead atoms. The minimum atomic E-state index is -0.0606. The summed E-state index contributed by atoms with van der Waals surface area (Å²) in [6.45, 7) is 6.05. The lowest BCUT2D eigenvalue weighted by molar-refractivity contribution is -0.113. The topological polar surface area (TPSA) is 66.9 Å². The summed E-state index contributed by atoms with van der Waals surface area (Å²) in [6, 6.07) is 11.5. The molecule has 0 unspecified atom stereocenters. The molecule has 0 spiro atoms. The van der Waals surface area contributed by atoms with Gasteiger partial charge in [0.15, 0.2) is 4.34 Å². The predicted molar refractivity (Wildman–Crippen MR) is 115 cm³/mol. The third kappa shape index (κ3) is 5.45. The van der Waals surface area contributed by atoms with Gasteiger partial charge in [-0.05, 0) is 50.1 Å². The standard InChI is InChI=1S/C19H19ClN4OS2/c1-11-7-12(2)17(13(3)8-11)22-16(25)10-26-19-24-23-18(27-19)21-15-6-4-5-14(20)9-15/h4-9H,10H2,1-3H3,(H,21,23)(H,22,25). The first-order chi connectivity index (χ1) is 12.9. The number of nitrogens with zero attached hydrogens (tertiary/aromatic N) is 2. The number of amides is 1. The molecule has 2 aromatic carbocycles. The van der Waals surface area contributed by atoms with Crippen molar-refractivity contribution in [3.63, 3.8) is 0 Å². The fourth-order valence-electron chi connectivity index (χ4n) is 2.69. The number of benzene rings is 2. The van der Waals surface area contributed by atoms with Crippen molar-refractivity contribution in [3.05, 3.63) is 58.1 Å². The molecule has 0 saturated heterocycles. The summed E-state index contributed by atoms with van der Waals surface area (Å²) in [7, 11) is 0. The van der Waals surface area contributed by atoms with Gasteiger partial charge in [-0.3, -0.25) is 4.79 Å². The predicted octanol–water partition coefficient (Wildman–Crippen LogP) is 5.59. The lowest BCUT2D eigenvalue weighted by Gasteiger charge is -2.12. The quantitative estimate of drug-likeness (QED) is 0.510. The van der Waals surface area contributed by atoms with Gasteiger partial charge in [-0.1, -0.05) is 58.5 Å². The number of nitrogens with one attached hydrogen (secondary N) is 2. The van der Waals surface area contributed by atoms with Crippen LogP contribution in [0.25, 0.3) is 0 Å². The Morgan fingerprint density at radius 2 is 1.89 bits per heavy atom. The molecule has 5 nitrogen and oxygen atoms in total. The zero-order valence-electron chi connectivity index (χ0n) is 15.2. The van der Waals surface area contributed by atoms with E-state index in [-0.39, 0.29) is 11.7 Å². The molecule has 2 N–H and O–H groups in total. The van der Waals surface area contributed by atoms with E-state index in [0.29, 0.717) is 10.2 Å². The first-order valence-electron chi connectivity index (χ1n) is 8.27. The molecule has 3 aromatic rings. The summed E-state index contributed by atoms with van der Waals surface area (Å²) in [4.78, 5) is 12.3. The van der Waals surface area contributed by atoms with Crippen LogP contribution in [0.3, 0.4) is 0 Å². The molecule has 0 fully saturated rings. The number of halogens is 1. The van der Waals surface area contributed by atoms with Crippen molar-refractivity contribution in [3.8, 4) is 0 Å². The first kappa shape index (κ1) is 19.7. The molecule has 1 aromatic heterocycles. The summed E-state index contributed by atoms with van der Waals surface area (Å²) < 4.78 is 0.729. The van der Waals surface area contributed by atoms with E-state index in [1.807, 2.05) is 45.0 Å². The minimum Gasteiger partial charge on any atom is -0.330 e. The van der Waals surface area contributed by atoms with Crippen LogP contribution in [0, 0.1) is 20.8 Å². The van der Waals surface area contributed by atoms with Crippen molar-refractivity contribution in [2.45, 2.75) is 25.1 Å². The summed E-state index contributed by atoms with van der Waals surface area (Å²) in [6.07, 6.45) is 0. The van der Waals surface area contributed by atoms with Gasteiger partial charge in [0.1, 0.15) is 0 Å². The van der Waals surface area contributed by atoms with E-state index in [1.165, 1.54) is 28.7 Å². The lowest BCUT2D eigenvalue weighted by Crippen LogP contribution is -2.15. The minimum absolute atomic E-state index is 0.0606. The van der Waals surface area contributed by atoms with Gasteiger partial charge in [0.05, 0.1) is 5.75 Å². The smallest absolute Gasteiger partial charge is 0.234 e. The number of carbonyl (C=O) groups excluding carboxylic acids is 1. The van der Waals surface area contributed by atoms with Crippen molar-refractivity contribution in [1.82, 2.24) is 10.2 Å². The van der Waals surface area contributed by atoms with Crippen LogP contribution in [0.5, 0.6) is 0 Å². The Balaban J connectivity index is 1.56. The number of anilines is 3. The number of hydrogen-bond donors (Lipinski definition) is 2. The lowest BCUT2D eigenvalue weighted by atomic mass is 10.1. The van der Waals surface area contributed by atoms with E-state index >= 15 is 0 Å². The van der Waals surface area contributed by atoms with Crippen molar-refractivity contribution in [2.75, 3.05) is 16.4 Å². The summed E-state index contributed by atoms with van der Waals surface area (Å²) in [5, 5.41) is 15.7. The molecule has 0 saturated carbocycles. The van der Waals surface area contributed by atoms with Crippen LogP contribution in [0.1, 0.15) is 16.7 Å². The third-order valence-electron chi connectivity index (χ3n) is 3.75. The molecular formula is C19H19ClN4OS2. The second-order valence-corrected chi connectivity index (χ2v) is 8.76. The molecule has 8 heteroatoms. The van der Waals surface area contributed by atoms with Gasteiger partial charge >= 0.3 is 0 Å². The van der Waals surface area contributed by atoms with Crippen molar-refractivity contribution >= 4 is 57.1 Å². The van der Waals surface area contributed by atoms with Crippen LogP contribution < -0.4 is 10.6 Å². The second kappa shape index (κ2) is 8.73. The van der Waals surface area contributed by atoms with Gasteiger partial charge in [0.25, 0.3) is 0 Å². The highest BCUT2D eigenvalue weighted by atomic mass is 35.5. The summed E-state index contributed by atoms with van der Waals surface area (Å²) in [5.74, 6) is 0.216. The maximum Gasteiger partial charge on any atom is 0.234 e. The molecule has 0 radical (unpaired) electrons. The highest BCUT2D eigenvalue weighted by Gasteiger charge is 2.11. The molecule has 27 heavy (non-hydrogen) atoms. The van der Waals surface area contributed by atoms with Crippen molar-refractivity contribution < 1.29 is 4.79 Å². The maximum atomic E-state index is 12.3. The Kier molecular flexibility index (Phi) is 6.36. The van der Waals surface area contributed by atoms with Crippen LogP contribution in [-0.2, 0) is 4.79 Å². The molecule has 0 aliphatic heterocycles. The zero-order valence-corrected chi connectivity index (χ0v) is 17.6. The number of hydrogen-bond acceptors (Lipinski definition) is 6. The van der Waals surface area contributed by atoms with Crippen LogP contribution in [0.2, 0.25) is 5.02 Å². The SMILES string of the molecule is Cc1cc(C)c(NC(=O)CSc2nnc(Nc3cccc(Cl)c3)s2)c(C)c1. The molecule has 140 valence electrons. The average molecular weight is 419 g/mol. The maximum absolute atomic E-state index is 12.3. The number of thioether (sulfide) groups is 1. The summed E-state index contributed by atoms with van der Waals surface area (Å²) in [5.41, 5.74) is 5.04. The molecule has 1 heterocycles. The fourth-order valence-corrected chi connectivity index (χ4v) is 4.45. The van der Waals surface area contributed by atoms with Gasteiger partial charge in [0.2, 0.25) is 11.0 Å². The van der Waals surface area contributed by atoms with E-state index in [1.54, 1.807) is 0 Å². The average Bonchev–Trinajstić information content (AvgIpc) is 3.03. The first-order valence-corrected chi connectivity index (χ1v) is 10.5. The second-order valence-electron chi connectivity index (χ2n) is 6.12. The van der Waals surface area contributed by atoms with Gasteiger partial charge < -0.3 is 10.6 Å². The van der Waals surface area contributed by atoms with E-state index in [9.17, 15) is 4.79 Å². The van der Waals surface area contributed by atoms with Crippen molar-refractivity contribution in [2.24, 2.45) is 0 Å². The fraction of sp³-hybridized carbons (Fsp3) is 0.211. The van der Waals surface area contributed by atoms with Gasteiger partial charge in [-0.25, -0.2) is 0 Å². The van der Waals surface area contributed by atoms with Crippen LogP contribution in [0.15, 0.2) is 40.7 Å².